The average Bonchev–Trinajstić information content (AvgIpc) is 2.39. The van der Waals surface area contributed by atoms with Crippen molar-refractivity contribution in [2.45, 2.75) is 20.1 Å². The lowest BCUT2D eigenvalue weighted by atomic mass is 10.1. The molecule has 0 bridgehead atoms. The van der Waals surface area contributed by atoms with Gasteiger partial charge in [-0.1, -0.05) is 11.6 Å². The number of hydrogen-bond acceptors (Lipinski definition) is 4. The van der Waals surface area contributed by atoms with Crippen molar-refractivity contribution in [3.05, 3.63) is 52.1 Å². The van der Waals surface area contributed by atoms with Gasteiger partial charge in [0, 0.05) is 34.6 Å². The molecule has 1 heterocycles. The van der Waals surface area contributed by atoms with E-state index in [4.69, 9.17) is 11.6 Å². The number of aromatic nitrogens is 1. The summed E-state index contributed by atoms with van der Waals surface area (Å²) in [5.74, 6) is -0.427. The highest BCUT2D eigenvalue weighted by Gasteiger charge is 2.11. The second-order valence-corrected chi connectivity index (χ2v) is 4.80. The fraction of sp³-hybridized carbons (Fsp3) is 0.214. The summed E-state index contributed by atoms with van der Waals surface area (Å²) < 4.78 is 13.2. The minimum Gasteiger partial charge on any atom is -0.506 e. The Bertz CT molecular complexity index is 615. The van der Waals surface area contributed by atoms with Gasteiger partial charge in [0.25, 0.3) is 0 Å². The topological polar surface area (TPSA) is 65.4 Å². The van der Waals surface area contributed by atoms with Crippen LogP contribution in [0.2, 0.25) is 5.02 Å². The lowest BCUT2D eigenvalue weighted by molar-refractivity contribution is 0.279. The Balaban J connectivity index is 2.24. The first-order valence-corrected chi connectivity index (χ1v) is 6.36. The minimum absolute atomic E-state index is 0.0200. The lowest BCUT2D eigenvalue weighted by Crippen LogP contribution is -2.05. The van der Waals surface area contributed by atoms with Gasteiger partial charge in [-0.2, -0.15) is 0 Å². The van der Waals surface area contributed by atoms with Gasteiger partial charge >= 0.3 is 0 Å². The zero-order chi connectivity index (χ0) is 14.7. The molecule has 0 saturated heterocycles. The van der Waals surface area contributed by atoms with Crippen molar-refractivity contribution in [2.75, 3.05) is 5.32 Å². The first kappa shape index (κ1) is 14.6. The molecular weight excluding hydrogens is 283 g/mol. The molecule has 3 N–H and O–H groups in total. The molecule has 0 unspecified atom stereocenters. The largest absolute Gasteiger partial charge is 0.506 e. The third kappa shape index (κ3) is 3.18. The van der Waals surface area contributed by atoms with Crippen LogP contribution in [0.3, 0.4) is 0 Å². The predicted octanol–water partition coefficient (Wildman–Crippen LogP) is 2.99. The Hall–Kier alpha value is -1.85. The van der Waals surface area contributed by atoms with E-state index >= 15 is 0 Å². The number of rotatable bonds is 4. The van der Waals surface area contributed by atoms with Crippen molar-refractivity contribution >= 4 is 17.3 Å². The normalized spacial score (nSPS) is 10.6. The highest BCUT2D eigenvalue weighted by molar-refractivity contribution is 6.30. The Morgan fingerprint density at radius 2 is 2.10 bits per heavy atom. The van der Waals surface area contributed by atoms with E-state index < -0.39 is 5.82 Å². The smallest absolute Gasteiger partial charge is 0.142 e. The molecule has 2 aromatic rings. The highest BCUT2D eigenvalue weighted by Crippen LogP contribution is 2.25. The van der Waals surface area contributed by atoms with Crippen LogP contribution in [-0.4, -0.2) is 15.2 Å². The van der Waals surface area contributed by atoms with Crippen LogP contribution in [0.1, 0.15) is 16.8 Å². The third-order valence-electron chi connectivity index (χ3n) is 2.93. The van der Waals surface area contributed by atoms with E-state index in [0.29, 0.717) is 22.5 Å². The number of pyridine rings is 1. The molecule has 4 nitrogen and oxygen atoms in total. The van der Waals surface area contributed by atoms with Crippen molar-refractivity contribution < 1.29 is 14.6 Å². The molecule has 1 aromatic heterocycles. The Morgan fingerprint density at radius 3 is 2.75 bits per heavy atom. The summed E-state index contributed by atoms with van der Waals surface area (Å²) in [5, 5.41) is 22.5. The maximum absolute atomic E-state index is 13.2. The zero-order valence-electron chi connectivity index (χ0n) is 10.8. The Morgan fingerprint density at radius 1 is 1.35 bits per heavy atom. The summed E-state index contributed by atoms with van der Waals surface area (Å²) in [4.78, 5) is 3.97. The SMILES string of the molecule is Cc1ncc(CO)c(CNc2cc(F)cc(Cl)c2)c1O. The molecule has 0 aliphatic carbocycles. The number of nitrogens with zero attached hydrogens (tertiary/aromatic N) is 1. The molecular formula is C14H14ClFN2O2. The maximum atomic E-state index is 13.2. The van der Waals surface area contributed by atoms with Crippen LogP contribution in [0.5, 0.6) is 5.75 Å². The van der Waals surface area contributed by atoms with Crippen LogP contribution >= 0.6 is 11.6 Å². The molecule has 0 radical (unpaired) electrons. The summed E-state index contributed by atoms with van der Waals surface area (Å²) in [6.45, 7) is 1.66. The Labute approximate surface area is 120 Å². The molecule has 0 amide bonds. The molecule has 0 fully saturated rings. The lowest BCUT2D eigenvalue weighted by Gasteiger charge is -2.13. The fourth-order valence-corrected chi connectivity index (χ4v) is 2.09. The molecule has 0 aliphatic rings. The van der Waals surface area contributed by atoms with E-state index in [0.717, 1.165) is 0 Å². The van der Waals surface area contributed by atoms with Gasteiger partial charge in [0.1, 0.15) is 11.6 Å². The van der Waals surface area contributed by atoms with Crippen LogP contribution < -0.4 is 5.32 Å². The number of aliphatic hydroxyl groups excluding tert-OH is 1. The van der Waals surface area contributed by atoms with Crippen LogP contribution in [0, 0.1) is 12.7 Å². The standard InChI is InChI=1S/C14H14ClFN2O2/c1-8-14(20)13(9(7-19)5-17-8)6-18-12-3-10(15)2-11(16)4-12/h2-5,18-20H,6-7H2,1H3. The molecule has 20 heavy (non-hydrogen) atoms. The second kappa shape index (κ2) is 6.07. The van der Waals surface area contributed by atoms with Gasteiger partial charge in [0.15, 0.2) is 0 Å². The van der Waals surface area contributed by atoms with Crippen LogP contribution in [-0.2, 0) is 13.2 Å². The van der Waals surface area contributed by atoms with Crippen LogP contribution in [0.25, 0.3) is 0 Å². The second-order valence-electron chi connectivity index (χ2n) is 4.37. The average molecular weight is 297 g/mol. The van der Waals surface area contributed by atoms with E-state index in [2.05, 4.69) is 10.3 Å². The van der Waals surface area contributed by atoms with Crippen molar-refractivity contribution in [3.63, 3.8) is 0 Å². The molecule has 106 valence electrons. The number of aliphatic hydroxyl groups is 1. The molecule has 0 atom stereocenters. The monoisotopic (exact) mass is 296 g/mol. The summed E-state index contributed by atoms with van der Waals surface area (Å²) in [6, 6.07) is 4.09. The number of hydrogen-bond donors (Lipinski definition) is 3. The van der Waals surface area contributed by atoms with Gasteiger partial charge in [-0.05, 0) is 25.1 Å². The van der Waals surface area contributed by atoms with E-state index in [9.17, 15) is 14.6 Å². The maximum Gasteiger partial charge on any atom is 0.142 e. The summed E-state index contributed by atoms with van der Waals surface area (Å²) in [7, 11) is 0. The number of anilines is 1. The fourth-order valence-electron chi connectivity index (χ4n) is 1.86. The van der Waals surface area contributed by atoms with Crippen molar-refractivity contribution in [3.8, 4) is 5.75 Å². The van der Waals surface area contributed by atoms with Gasteiger partial charge in [0.2, 0.25) is 0 Å². The van der Waals surface area contributed by atoms with E-state index in [1.54, 1.807) is 13.0 Å². The number of nitrogens with one attached hydrogen (secondary N) is 1. The summed E-state index contributed by atoms with van der Waals surface area (Å²) in [5.41, 5.74) is 2.01. The molecule has 0 spiro atoms. The van der Waals surface area contributed by atoms with Gasteiger partial charge in [-0.15, -0.1) is 0 Å². The molecule has 1 aromatic carbocycles. The van der Waals surface area contributed by atoms with E-state index in [1.165, 1.54) is 18.3 Å². The number of aromatic hydroxyl groups is 1. The number of halogens is 2. The summed E-state index contributed by atoms with van der Waals surface area (Å²) >= 11 is 5.77. The predicted molar refractivity (Wildman–Crippen MR) is 75.3 cm³/mol. The first-order chi connectivity index (χ1) is 9.51. The van der Waals surface area contributed by atoms with Crippen molar-refractivity contribution in [1.82, 2.24) is 4.98 Å². The first-order valence-electron chi connectivity index (χ1n) is 5.98. The third-order valence-corrected chi connectivity index (χ3v) is 3.15. The molecule has 0 aliphatic heterocycles. The van der Waals surface area contributed by atoms with Crippen LogP contribution in [0.15, 0.2) is 24.4 Å². The van der Waals surface area contributed by atoms with Gasteiger partial charge in [0.05, 0.1) is 12.3 Å². The molecule has 6 heteroatoms. The molecule has 2 rings (SSSR count). The molecule has 0 saturated carbocycles. The minimum atomic E-state index is -0.447. The quantitative estimate of drug-likeness (QED) is 0.811. The van der Waals surface area contributed by atoms with Gasteiger partial charge in [-0.3, -0.25) is 4.98 Å². The Kier molecular flexibility index (Phi) is 4.42. The van der Waals surface area contributed by atoms with Crippen molar-refractivity contribution in [2.24, 2.45) is 0 Å². The van der Waals surface area contributed by atoms with Gasteiger partial charge < -0.3 is 15.5 Å². The highest BCUT2D eigenvalue weighted by atomic mass is 35.5. The number of benzene rings is 1. The van der Waals surface area contributed by atoms with E-state index in [-0.39, 0.29) is 23.9 Å². The van der Waals surface area contributed by atoms with Crippen LogP contribution in [0.4, 0.5) is 10.1 Å². The zero-order valence-corrected chi connectivity index (χ0v) is 11.6. The summed E-state index contributed by atoms with van der Waals surface area (Å²) in [6.07, 6.45) is 1.50. The van der Waals surface area contributed by atoms with Gasteiger partial charge in [-0.25, -0.2) is 4.39 Å². The number of aryl methyl sites for hydroxylation is 1. The van der Waals surface area contributed by atoms with E-state index in [1.807, 2.05) is 0 Å². The van der Waals surface area contributed by atoms with Crippen molar-refractivity contribution in [1.29, 1.82) is 0 Å².